The summed E-state index contributed by atoms with van der Waals surface area (Å²) in [4.78, 5) is 12.6. The number of amides is 1. The van der Waals surface area contributed by atoms with Gasteiger partial charge in [0.25, 0.3) is 0 Å². The van der Waals surface area contributed by atoms with Gasteiger partial charge in [0.1, 0.15) is 0 Å². The fraction of sp³-hybridized carbons (Fsp3) is 0.727. The number of epoxide rings is 1. The van der Waals surface area contributed by atoms with Crippen LogP contribution in [0.4, 0.5) is 0 Å². The lowest BCUT2D eigenvalue weighted by Crippen LogP contribution is -2.14. The van der Waals surface area contributed by atoms with E-state index in [1.165, 1.54) is 0 Å². The molecule has 0 aromatic carbocycles. The van der Waals surface area contributed by atoms with Crippen LogP contribution in [0.2, 0.25) is 0 Å². The number of primary amides is 1. The van der Waals surface area contributed by atoms with Crippen LogP contribution in [0.5, 0.6) is 0 Å². The summed E-state index contributed by atoms with van der Waals surface area (Å²) in [7, 11) is 3.99. The van der Waals surface area contributed by atoms with Crippen molar-refractivity contribution in [3.05, 3.63) is 11.6 Å². The molecule has 5 heteroatoms. The number of halogens is 1. The van der Waals surface area contributed by atoms with Gasteiger partial charge in [0.2, 0.25) is 5.91 Å². The molecule has 94 valence electrons. The van der Waals surface area contributed by atoms with E-state index in [1.54, 1.807) is 6.92 Å². The molecule has 4 nitrogen and oxygen atoms in total. The Morgan fingerprint density at radius 3 is 2.44 bits per heavy atom. The predicted molar refractivity (Wildman–Crippen MR) is 66.6 cm³/mol. The molecule has 0 aromatic heterocycles. The van der Waals surface area contributed by atoms with Crippen LogP contribution in [0.3, 0.4) is 0 Å². The molecule has 16 heavy (non-hydrogen) atoms. The standard InChI is InChI=1S/C8H16N2O.C3H5ClO/c1-7(8(9)11)5-4-6-10(2)3;4-1-3-2-5-3/h5H,4,6H2,1-3H3,(H2,9,11);3H,1-2H2. The Hall–Kier alpha value is -0.580. The highest BCUT2D eigenvalue weighted by molar-refractivity contribution is 6.18. The Balaban J connectivity index is 0.000000368. The number of nitrogens with zero attached hydrogens (tertiary/aromatic N) is 1. The number of hydrogen-bond donors (Lipinski definition) is 1. The zero-order valence-corrected chi connectivity index (χ0v) is 11.0. The Bertz CT molecular complexity index is 238. The van der Waals surface area contributed by atoms with Crippen LogP contribution in [0.15, 0.2) is 11.6 Å². The van der Waals surface area contributed by atoms with Gasteiger partial charge in [-0.25, -0.2) is 0 Å². The number of nitrogens with two attached hydrogens (primary N) is 1. The third-order valence-corrected chi connectivity index (χ3v) is 2.33. The first-order valence-corrected chi connectivity index (χ1v) is 5.79. The van der Waals surface area contributed by atoms with Gasteiger partial charge in [-0.05, 0) is 27.4 Å². The number of rotatable bonds is 5. The smallest absolute Gasteiger partial charge is 0.244 e. The number of alkyl halides is 1. The molecule has 0 aromatic rings. The molecule has 1 aliphatic heterocycles. The molecule has 0 saturated carbocycles. The number of hydrogen-bond acceptors (Lipinski definition) is 3. The van der Waals surface area contributed by atoms with E-state index in [9.17, 15) is 4.79 Å². The monoisotopic (exact) mass is 248 g/mol. The summed E-state index contributed by atoms with van der Waals surface area (Å²) < 4.78 is 4.73. The summed E-state index contributed by atoms with van der Waals surface area (Å²) in [5, 5.41) is 0. The molecule has 1 saturated heterocycles. The van der Waals surface area contributed by atoms with Gasteiger partial charge in [-0.2, -0.15) is 0 Å². The molecule has 0 aliphatic carbocycles. The molecule has 1 rings (SSSR count). The first kappa shape index (κ1) is 15.4. The summed E-state index contributed by atoms with van der Waals surface area (Å²) in [6, 6.07) is 0. The molecule has 1 unspecified atom stereocenters. The van der Waals surface area contributed by atoms with Crippen LogP contribution in [-0.4, -0.2) is 50.0 Å². The number of carbonyl (C=O) groups is 1. The molecule has 1 aliphatic rings. The molecule has 0 radical (unpaired) electrons. The normalized spacial score (nSPS) is 19.1. The first-order chi connectivity index (χ1) is 7.47. The zero-order chi connectivity index (χ0) is 12.6. The predicted octanol–water partition coefficient (Wildman–Crippen LogP) is 0.994. The molecule has 1 heterocycles. The maximum atomic E-state index is 10.5. The minimum Gasteiger partial charge on any atom is -0.372 e. The van der Waals surface area contributed by atoms with Gasteiger partial charge in [0.15, 0.2) is 0 Å². The molecule has 1 fully saturated rings. The van der Waals surface area contributed by atoms with E-state index < -0.39 is 0 Å². The van der Waals surface area contributed by atoms with Crippen LogP contribution in [-0.2, 0) is 9.53 Å². The fourth-order valence-electron chi connectivity index (χ4n) is 0.797. The molecular weight excluding hydrogens is 228 g/mol. The molecule has 0 spiro atoms. The topological polar surface area (TPSA) is 58.9 Å². The first-order valence-electron chi connectivity index (χ1n) is 5.26. The molecule has 0 bridgehead atoms. The maximum absolute atomic E-state index is 10.5. The minimum absolute atomic E-state index is 0.330. The number of carbonyl (C=O) groups excluding carboxylic acids is 1. The lowest BCUT2D eigenvalue weighted by Gasteiger charge is -2.06. The molecule has 2 N–H and O–H groups in total. The third-order valence-electron chi connectivity index (χ3n) is 1.99. The van der Waals surface area contributed by atoms with E-state index in [2.05, 4.69) is 4.90 Å². The van der Waals surface area contributed by atoms with Crippen molar-refractivity contribution in [1.29, 1.82) is 0 Å². The molecule has 1 atom stereocenters. The molecular formula is C11H21ClN2O2. The highest BCUT2D eigenvalue weighted by atomic mass is 35.5. The fourth-order valence-corrected chi connectivity index (χ4v) is 0.975. The van der Waals surface area contributed by atoms with Gasteiger partial charge in [-0.15, -0.1) is 11.6 Å². The van der Waals surface area contributed by atoms with E-state index in [0.29, 0.717) is 17.6 Å². The van der Waals surface area contributed by atoms with Crippen molar-refractivity contribution in [1.82, 2.24) is 4.90 Å². The summed E-state index contributed by atoms with van der Waals surface area (Å²) in [6.07, 6.45) is 3.14. The maximum Gasteiger partial charge on any atom is 0.244 e. The van der Waals surface area contributed by atoms with E-state index in [-0.39, 0.29) is 5.91 Å². The van der Waals surface area contributed by atoms with E-state index >= 15 is 0 Å². The van der Waals surface area contributed by atoms with Crippen molar-refractivity contribution in [2.75, 3.05) is 33.1 Å². The van der Waals surface area contributed by atoms with E-state index in [0.717, 1.165) is 19.6 Å². The second kappa shape index (κ2) is 8.56. The Morgan fingerprint density at radius 2 is 2.19 bits per heavy atom. The van der Waals surface area contributed by atoms with Gasteiger partial charge in [-0.3, -0.25) is 4.79 Å². The quantitative estimate of drug-likeness (QED) is 0.449. The lowest BCUT2D eigenvalue weighted by atomic mass is 10.2. The van der Waals surface area contributed by atoms with Crippen LogP contribution >= 0.6 is 11.6 Å². The SMILES string of the molecule is CC(=CCCN(C)C)C(N)=O.ClCC1CO1. The summed E-state index contributed by atoms with van der Waals surface area (Å²) in [5.74, 6) is 0.337. The van der Waals surface area contributed by atoms with Crippen LogP contribution < -0.4 is 5.73 Å². The van der Waals surface area contributed by atoms with Crippen molar-refractivity contribution in [2.24, 2.45) is 5.73 Å². The zero-order valence-electron chi connectivity index (χ0n) is 10.2. The largest absolute Gasteiger partial charge is 0.372 e. The Labute approximate surface area is 102 Å². The van der Waals surface area contributed by atoms with E-state index in [4.69, 9.17) is 22.1 Å². The van der Waals surface area contributed by atoms with Crippen molar-refractivity contribution < 1.29 is 9.53 Å². The van der Waals surface area contributed by atoms with Crippen molar-refractivity contribution in [3.63, 3.8) is 0 Å². The highest BCUT2D eigenvalue weighted by Gasteiger charge is 2.19. The lowest BCUT2D eigenvalue weighted by molar-refractivity contribution is -0.114. The number of ether oxygens (including phenoxy) is 1. The van der Waals surface area contributed by atoms with Crippen LogP contribution in [0, 0.1) is 0 Å². The van der Waals surface area contributed by atoms with Crippen molar-refractivity contribution in [2.45, 2.75) is 19.4 Å². The van der Waals surface area contributed by atoms with E-state index in [1.807, 2.05) is 20.2 Å². The minimum atomic E-state index is -0.330. The van der Waals surface area contributed by atoms with Gasteiger partial charge in [0.05, 0.1) is 18.6 Å². The van der Waals surface area contributed by atoms with Gasteiger partial charge < -0.3 is 15.4 Å². The average Bonchev–Trinajstić information content (AvgIpc) is 3.00. The van der Waals surface area contributed by atoms with Crippen molar-refractivity contribution in [3.8, 4) is 0 Å². The summed E-state index contributed by atoms with van der Waals surface area (Å²) in [6.45, 7) is 3.56. The average molecular weight is 249 g/mol. The Kier molecular flexibility index (Phi) is 8.25. The van der Waals surface area contributed by atoms with Crippen LogP contribution in [0.25, 0.3) is 0 Å². The second-order valence-corrected chi connectivity index (χ2v) is 4.26. The summed E-state index contributed by atoms with van der Waals surface area (Å²) in [5.41, 5.74) is 5.68. The highest BCUT2D eigenvalue weighted by Crippen LogP contribution is 2.08. The van der Waals surface area contributed by atoms with Gasteiger partial charge in [0, 0.05) is 12.1 Å². The van der Waals surface area contributed by atoms with Crippen LogP contribution in [0.1, 0.15) is 13.3 Å². The third kappa shape index (κ3) is 9.96. The molecule has 1 amide bonds. The van der Waals surface area contributed by atoms with Gasteiger partial charge >= 0.3 is 0 Å². The second-order valence-electron chi connectivity index (χ2n) is 3.95. The van der Waals surface area contributed by atoms with Crippen molar-refractivity contribution >= 4 is 17.5 Å². The van der Waals surface area contributed by atoms with Gasteiger partial charge in [-0.1, -0.05) is 6.08 Å². The summed E-state index contributed by atoms with van der Waals surface area (Å²) >= 11 is 5.27. The Morgan fingerprint density at radius 1 is 1.62 bits per heavy atom.